The van der Waals surface area contributed by atoms with E-state index in [4.69, 9.17) is 17.3 Å². The van der Waals surface area contributed by atoms with E-state index in [1.54, 1.807) is 6.92 Å². The zero-order valence-electron chi connectivity index (χ0n) is 11.8. The maximum atomic E-state index is 12.6. The molecule has 1 atom stereocenters. The zero-order valence-corrected chi connectivity index (χ0v) is 13.4. The largest absolute Gasteiger partial charge is 0.469 e. The molecule has 0 aromatic heterocycles. The molecule has 1 heterocycles. The van der Waals surface area contributed by atoms with Crippen LogP contribution in [0.2, 0.25) is 5.02 Å². The highest BCUT2D eigenvalue weighted by Gasteiger charge is 2.37. The summed E-state index contributed by atoms with van der Waals surface area (Å²) in [5.74, 6) is -0.839. The van der Waals surface area contributed by atoms with Gasteiger partial charge in [-0.1, -0.05) is 11.6 Å². The molecule has 1 unspecified atom stereocenters. The molecule has 0 spiro atoms. The van der Waals surface area contributed by atoms with Crippen LogP contribution >= 0.6 is 11.6 Å². The van der Waals surface area contributed by atoms with Crippen LogP contribution in [0.5, 0.6) is 0 Å². The quantitative estimate of drug-likeness (QED) is 0.667. The molecule has 1 fully saturated rings. The van der Waals surface area contributed by atoms with Gasteiger partial charge in [-0.25, -0.2) is 8.42 Å². The second kappa shape index (κ2) is 5.82. The van der Waals surface area contributed by atoms with Gasteiger partial charge in [0.2, 0.25) is 10.0 Å². The SMILES string of the molecule is COC(=O)C1CCN(S(=O)(=O)c2cc(N)c(C)cc2Cl)C1. The fourth-order valence-corrected chi connectivity index (χ4v) is 4.40. The first kappa shape index (κ1) is 16.1. The molecule has 8 heteroatoms. The molecule has 1 saturated heterocycles. The normalized spacial score (nSPS) is 19.7. The van der Waals surface area contributed by atoms with Gasteiger partial charge in [0, 0.05) is 18.8 Å². The van der Waals surface area contributed by atoms with Crippen LogP contribution in [0.3, 0.4) is 0 Å². The van der Waals surface area contributed by atoms with E-state index >= 15 is 0 Å². The van der Waals surface area contributed by atoms with Gasteiger partial charge in [-0.2, -0.15) is 4.31 Å². The van der Waals surface area contributed by atoms with Crippen molar-refractivity contribution in [3.63, 3.8) is 0 Å². The van der Waals surface area contributed by atoms with Crippen molar-refractivity contribution in [1.82, 2.24) is 4.31 Å². The van der Waals surface area contributed by atoms with Crippen LogP contribution in [0.25, 0.3) is 0 Å². The third-order valence-electron chi connectivity index (χ3n) is 3.62. The number of hydrogen-bond donors (Lipinski definition) is 1. The number of anilines is 1. The summed E-state index contributed by atoms with van der Waals surface area (Å²) in [6.45, 7) is 2.10. The van der Waals surface area contributed by atoms with Crippen molar-refractivity contribution >= 4 is 33.3 Å². The van der Waals surface area contributed by atoms with Gasteiger partial charge in [0.25, 0.3) is 0 Å². The number of carbonyl (C=O) groups excluding carboxylic acids is 1. The topological polar surface area (TPSA) is 89.7 Å². The number of nitrogens with zero attached hydrogens (tertiary/aromatic N) is 1. The Kier molecular flexibility index (Phi) is 4.46. The van der Waals surface area contributed by atoms with Crippen molar-refractivity contribution in [2.24, 2.45) is 5.92 Å². The average molecular weight is 333 g/mol. The second-order valence-corrected chi connectivity index (χ2v) is 7.32. The van der Waals surface area contributed by atoms with Crippen molar-refractivity contribution in [3.05, 3.63) is 22.7 Å². The fraction of sp³-hybridized carbons (Fsp3) is 0.462. The molecule has 0 aliphatic carbocycles. The standard InChI is InChI=1S/C13H17ClN2O4S/c1-8-5-10(14)12(6-11(8)15)21(18,19)16-4-3-9(7-16)13(17)20-2/h5-6,9H,3-4,7,15H2,1-2H3. The van der Waals surface area contributed by atoms with Gasteiger partial charge >= 0.3 is 5.97 Å². The predicted octanol–water partition coefficient (Wildman–Crippen LogP) is 1.41. The lowest BCUT2D eigenvalue weighted by molar-refractivity contribution is -0.144. The number of benzene rings is 1. The Morgan fingerprint density at radius 3 is 2.76 bits per heavy atom. The van der Waals surface area contributed by atoms with E-state index in [-0.39, 0.29) is 23.0 Å². The molecule has 116 valence electrons. The molecule has 0 radical (unpaired) electrons. The Morgan fingerprint density at radius 2 is 2.14 bits per heavy atom. The van der Waals surface area contributed by atoms with E-state index in [0.717, 1.165) is 0 Å². The Bertz CT molecular complexity index is 675. The van der Waals surface area contributed by atoms with Crippen molar-refractivity contribution in [2.45, 2.75) is 18.2 Å². The van der Waals surface area contributed by atoms with Gasteiger partial charge in [0.05, 0.1) is 18.1 Å². The summed E-state index contributed by atoms with van der Waals surface area (Å²) in [5.41, 5.74) is 6.84. The van der Waals surface area contributed by atoms with Gasteiger partial charge in [-0.15, -0.1) is 0 Å². The minimum Gasteiger partial charge on any atom is -0.469 e. The molecule has 1 aliphatic heterocycles. The second-order valence-electron chi connectivity index (χ2n) is 5.01. The van der Waals surface area contributed by atoms with Gasteiger partial charge < -0.3 is 10.5 Å². The first-order valence-electron chi connectivity index (χ1n) is 6.41. The summed E-state index contributed by atoms with van der Waals surface area (Å²) in [6.07, 6.45) is 0.435. The lowest BCUT2D eigenvalue weighted by Crippen LogP contribution is -2.30. The van der Waals surface area contributed by atoms with E-state index in [9.17, 15) is 13.2 Å². The number of sulfonamides is 1. The molecular formula is C13H17ClN2O4S. The Morgan fingerprint density at radius 1 is 1.48 bits per heavy atom. The average Bonchev–Trinajstić information content (AvgIpc) is 2.92. The lowest BCUT2D eigenvalue weighted by Gasteiger charge is -2.18. The number of rotatable bonds is 3. The Hall–Kier alpha value is -1.31. The number of nitrogen functional groups attached to an aromatic ring is 1. The van der Waals surface area contributed by atoms with Crippen LogP contribution in [0.15, 0.2) is 17.0 Å². The third kappa shape index (κ3) is 3.00. The smallest absolute Gasteiger partial charge is 0.310 e. The molecular weight excluding hydrogens is 316 g/mol. The number of carbonyl (C=O) groups is 1. The minimum atomic E-state index is -3.77. The van der Waals surface area contributed by atoms with Crippen molar-refractivity contribution < 1.29 is 17.9 Å². The summed E-state index contributed by atoms with van der Waals surface area (Å²) in [6, 6.07) is 2.89. The molecule has 1 aromatic rings. The highest BCUT2D eigenvalue weighted by Crippen LogP contribution is 2.32. The van der Waals surface area contributed by atoms with Crippen LogP contribution in [0, 0.1) is 12.8 Å². The highest BCUT2D eigenvalue weighted by molar-refractivity contribution is 7.89. The van der Waals surface area contributed by atoms with E-state index < -0.39 is 21.9 Å². The first-order valence-corrected chi connectivity index (χ1v) is 8.22. The number of hydrogen-bond acceptors (Lipinski definition) is 5. The van der Waals surface area contributed by atoms with E-state index in [1.165, 1.54) is 23.5 Å². The number of aryl methyl sites for hydroxylation is 1. The number of ether oxygens (including phenoxy) is 1. The van der Waals surface area contributed by atoms with Crippen molar-refractivity contribution in [2.75, 3.05) is 25.9 Å². The highest BCUT2D eigenvalue weighted by atomic mass is 35.5. The summed E-state index contributed by atoms with van der Waals surface area (Å²) in [4.78, 5) is 11.5. The summed E-state index contributed by atoms with van der Waals surface area (Å²) < 4.78 is 31.1. The third-order valence-corrected chi connectivity index (χ3v) is 5.95. The molecule has 1 aliphatic rings. The predicted molar refractivity (Wildman–Crippen MR) is 79.5 cm³/mol. The van der Waals surface area contributed by atoms with Crippen molar-refractivity contribution in [3.8, 4) is 0 Å². The van der Waals surface area contributed by atoms with Gasteiger partial charge in [-0.05, 0) is 31.0 Å². The molecule has 1 aromatic carbocycles. The fourth-order valence-electron chi connectivity index (χ4n) is 2.31. The summed E-state index contributed by atoms with van der Waals surface area (Å²) >= 11 is 6.04. The number of esters is 1. The number of methoxy groups -OCH3 is 1. The molecule has 21 heavy (non-hydrogen) atoms. The molecule has 0 saturated carbocycles. The maximum Gasteiger partial charge on any atom is 0.310 e. The Labute approximate surface area is 128 Å². The number of halogens is 1. The maximum absolute atomic E-state index is 12.6. The van der Waals surface area contributed by atoms with E-state index in [2.05, 4.69) is 4.74 Å². The summed E-state index contributed by atoms with van der Waals surface area (Å²) in [7, 11) is -2.48. The summed E-state index contributed by atoms with van der Waals surface area (Å²) in [5, 5.41) is 0.128. The molecule has 2 rings (SSSR count). The van der Waals surface area contributed by atoms with E-state index in [1.807, 2.05) is 0 Å². The molecule has 0 amide bonds. The van der Waals surface area contributed by atoms with E-state index in [0.29, 0.717) is 17.7 Å². The monoisotopic (exact) mass is 332 g/mol. The Balaban J connectivity index is 2.32. The van der Waals surface area contributed by atoms with Gasteiger partial charge in [0.15, 0.2) is 0 Å². The van der Waals surface area contributed by atoms with Crippen molar-refractivity contribution in [1.29, 1.82) is 0 Å². The van der Waals surface area contributed by atoms with Crippen LogP contribution in [-0.4, -0.2) is 38.9 Å². The van der Waals surface area contributed by atoms with Gasteiger partial charge in [0.1, 0.15) is 4.90 Å². The zero-order chi connectivity index (χ0) is 15.8. The van der Waals surface area contributed by atoms with Crippen LogP contribution in [0.1, 0.15) is 12.0 Å². The lowest BCUT2D eigenvalue weighted by atomic mass is 10.1. The molecule has 0 bridgehead atoms. The van der Waals surface area contributed by atoms with Crippen LogP contribution < -0.4 is 5.73 Å². The molecule has 2 N–H and O–H groups in total. The number of nitrogens with two attached hydrogens (primary N) is 1. The molecule has 6 nitrogen and oxygen atoms in total. The van der Waals surface area contributed by atoms with Crippen LogP contribution in [0.4, 0.5) is 5.69 Å². The van der Waals surface area contributed by atoms with Crippen LogP contribution in [-0.2, 0) is 19.6 Å². The van der Waals surface area contributed by atoms with Gasteiger partial charge in [-0.3, -0.25) is 4.79 Å². The minimum absolute atomic E-state index is 0.0298. The first-order chi connectivity index (χ1) is 9.77.